The van der Waals surface area contributed by atoms with Crippen LogP contribution in [0.1, 0.15) is 36.4 Å². The minimum Gasteiger partial charge on any atom is -0.497 e. The molecule has 0 radical (unpaired) electrons. The van der Waals surface area contributed by atoms with Crippen molar-refractivity contribution in [3.8, 4) is 23.0 Å². The molecule has 9 heteroatoms. The van der Waals surface area contributed by atoms with Crippen LogP contribution in [0.2, 0.25) is 0 Å². The Labute approximate surface area is 186 Å². The van der Waals surface area contributed by atoms with E-state index in [1.807, 2.05) is 6.07 Å². The van der Waals surface area contributed by atoms with Crippen LogP contribution in [0.5, 0.6) is 23.0 Å². The molecule has 0 unspecified atom stereocenters. The number of para-hydroxylation sites is 1. The van der Waals surface area contributed by atoms with Gasteiger partial charge in [0.1, 0.15) is 11.5 Å². The van der Waals surface area contributed by atoms with Crippen molar-refractivity contribution in [1.29, 1.82) is 0 Å². The third-order valence-electron chi connectivity index (χ3n) is 5.23. The highest BCUT2D eigenvalue weighted by atomic mass is 16.5. The van der Waals surface area contributed by atoms with Crippen molar-refractivity contribution >= 4 is 17.6 Å². The van der Waals surface area contributed by atoms with Gasteiger partial charge in [0.15, 0.2) is 11.5 Å². The molecule has 1 heterocycles. The number of amides is 1. The fraction of sp³-hybridized carbons (Fsp3) is 0.348. The number of carboxylic acid groups (broad SMARTS) is 1. The summed E-state index contributed by atoms with van der Waals surface area (Å²) in [4.78, 5) is 24.0. The monoisotopic (exact) mass is 442 g/mol. The number of methoxy groups -OCH3 is 4. The predicted molar refractivity (Wildman–Crippen MR) is 117 cm³/mol. The van der Waals surface area contributed by atoms with E-state index in [1.165, 1.54) is 19.2 Å². The number of benzene rings is 2. The zero-order valence-corrected chi connectivity index (χ0v) is 18.5. The summed E-state index contributed by atoms with van der Waals surface area (Å²) in [5.41, 5.74) is 2.00. The lowest BCUT2D eigenvalue weighted by Crippen LogP contribution is -2.27. The lowest BCUT2D eigenvalue weighted by molar-refractivity contribution is -0.141. The predicted octanol–water partition coefficient (Wildman–Crippen LogP) is 3.26. The normalized spacial score (nSPS) is 15.2. The number of hydrogen-bond acceptors (Lipinski definition) is 7. The van der Waals surface area contributed by atoms with Crippen LogP contribution in [0.4, 0.5) is 0 Å². The number of carbonyl (C=O) groups excluding carboxylic acids is 1. The number of hydrazone groups is 1. The molecule has 32 heavy (non-hydrogen) atoms. The third-order valence-corrected chi connectivity index (χ3v) is 5.23. The van der Waals surface area contributed by atoms with Gasteiger partial charge in [-0.05, 0) is 24.3 Å². The van der Waals surface area contributed by atoms with E-state index in [-0.39, 0.29) is 12.8 Å². The molecule has 0 fully saturated rings. The van der Waals surface area contributed by atoms with Gasteiger partial charge in [-0.15, -0.1) is 0 Å². The lowest BCUT2D eigenvalue weighted by Gasteiger charge is -2.24. The van der Waals surface area contributed by atoms with E-state index in [0.717, 1.165) is 0 Å². The number of ether oxygens (including phenoxy) is 4. The van der Waals surface area contributed by atoms with Gasteiger partial charge in [0, 0.05) is 24.0 Å². The average Bonchev–Trinajstić information content (AvgIpc) is 3.26. The van der Waals surface area contributed by atoms with E-state index in [1.54, 1.807) is 44.6 Å². The van der Waals surface area contributed by atoms with Crippen LogP contribution in [-0.4, -0.2) is 56.1 Å². The molecular weight excluding hydrogens is 416 g/mol. The quantitative estimate of drug-likeness (QED) is 0.635. The number of hydrogen-bond donors (Lipinski definition) is 1. The second-order valence-corrected chi connectivity index (χ2v) is 7.05. The van der Waals surface area contributed by atoms with Crippen LogP contribution in [0.3, 0.4) is 0 Å². The summed E-state index contributed by atoms with van der Waals surface area (Å²) in [6.45, 7) is 0. The number of carboxylic acids is 1. The number of carbonyl (C=O) groups is 2. The van der Waals surface area contributed by atoms with Crippen molar-refractivity contribution in [1.82, 2.24) is 5.01 Å². The topological polar surface area (TPSA) is 107 Å². The van der Waals surface area contributed by atoms with Crippen LogP contribution >= 0.6 is 0 Å². The Morgan fingerprint density at radius 1 is 1.00 bits per heavy atom. The minimum absolute atomic E-state index is 0.176. The molecule has 1 atom stereocenters. The first kappa shape index (κ1) is 22.9. The number of nitrogens with zero attached hydrogens (tertiary/aromatic N) is 2. The zero-order valence-electron chi connectivity index (χ0n) is 18.5. The van der Waals surface area contributed by atoms with Gasteiger partial charge in [0.05, 0.1) is 46.6 Å². The maximum absolute atomic E-state index is 13.0. The standard InChI is InChI=1S/C23H26N2O7/c1-29-14-8-9-19(30-2)16(12-14)17-13-18(25(24-17)21(26)10-11-22(27)28)15-6-5-7-20(31-3)23(15)32-4/h5-9,12,18H,10-11,13H2,1-4H3,(H,27,28)/t18-/m1/s1. The largest absolute Gasteiger partial charge is 0.497 e. The molecule has 0 aliphatic carbocycles. The Morgan fingerprint density at radius 3 is 2.38 bits per heavy atom. The van der Waals surface area contributed by atoms with E-state index >= 15 is 0 Å². The molecule has 0 saturated carbocycles. The van der Waals surface area contributed by atoms with Gasteiger partial charge in [-0.25, -0.2) is 5.01 Å². The molecule has 0 spiro atoms. The number of aliphatic carboxylic acids is 1. The Hall–Kier alpha value is -3.75. The first-order chi connectivity index (χ1) is 15.4. The summed E-state index contributed by atoms with van der Waals surface area (Å²) in [5.74, 6) is 0.765. The summed E-state index contributed by atoms with van der Waals surface area (Å²) in [6, 6.07) is 10.2. The number of rotatable bonds is 9. The molecule has 2 aromatic rings. The van der Waals surface area contributed by atoms with E-state index < -0.39 is 17.9 Å². The van der Waals surface area contributed by atoms with Crippen molar-refractivity contribution in [3.05, 3.63) is 47.5 Å². The lowest BCUT2D eigenvalue weighted by atomic mass is 9.96. The Bertz CT molecular complexity index is 1040. The second kappa shape index (κ2) is 10.0. The summed E-state index contributed by atoms with van der Waals surface area (Å²) in [7, 11) is 6.18. The van der Waals surface area contributed by atoms with E-state index in [2.05, 4.69) is 5.10 Å². The average molecular weight is 442 g/mol. The van der Waals surface area contributed by atoms with Crippen LogP contribution in [0, 0.1) is 0 Å². The van der Waals surface area contributed by atoms with E-state index in [9.17, 15) is 9.59 Å². The molecule has 0 saturated heterocycles. The van der Waals surface area contributed by atoms with Crippen LogP contribution < -0.4 is 18.9 Å². The SMILES string of the molecule is COc1ccc(OC)c(C2=NN(C(=O)CCC(=O)O)[C@@H](c3cccc(OC)c3OC)C2)c1. The molecule has 2 aromatic carbocycles. The van der Waals surface area contributed by atoms with E-state index in [4.69, 9.17) is 24.1 Å². The summed E-state index contributed by atoms with van der Waals surface area (Å²) < 4.78 is 21.8. The maximum Gasteiger partial charge on any atom is 0.303 e. The summed E-state index contributed by atoms with van der Waals surface area (Å²) in [5, 5.41) is 14.9. The van der Waals surface area contributed by atoms with Crippen LogP contribution in [-0.2, 0) is 9.59 Å². The molecule has 170 valence electrons. The van der Waals surface area contributed by atoms with Gasteiger partial charge in [-0.2, -0.15) is 5.10 Å². The van der Waals surface area contributed by atoms with Gasteiger partial charge in [0.2, 0.25) is 5.91 Å². The van der Waals surface area contributed by atoms with Crippen LogP contribution in [0.25, 0.3) is 0 Å². The maximum atomic E-state index is 13.0. The zero-order chi connectivity index (χ0) is 23.3. The van der Waals surface area contributed by atoms with Crippen molar-refractivity contribution in [3.63, 3.8) is 0 Å². The van der Waals surface area contributed by atoms with Crippen molar-refractivity contribution in [2.75, 3.05) is 28.4 Å². The minimum atomic E-state index is -1.05. The molecule has 1 N–H and O–H groups in total. The molecule has 0 aromatic heterocycles. The van der Waals surface area contributed by atoms with E-state index in [0.29, 0.717) is 46.3 Å². The van der Waals surface area contributed by atoms with Crippen LogP contribution in [0.15, 0.2) is 41.5 Å². The molecule has 0 bridgehead atoms. The Balaban J connectivity index is 2.07. The first-order valence-corrected chi connectivity index (χ1v) is 9.98. The van der Waals surface area contributed by atoms with Crippen molar-refractivity contribution in [2.45, 2.75) is 25.3 Å². The molecule has 1 amide bonds. The van der Waals surface area contributed by atoms with Gasteiger partial charge in [-0.1, -0.05) is 12.1 Å². The second-order valence-electron chi connectivity index (χ2n) is 7.05. The van der Waals surface area contributed by atoms with Gasteiger partial charge in [0.25, 0.3) is 0 Å². The highest BCUT2D eigenvalue weighted by Crippen LogP contribution is 2.43. The summed E-state index contributed by atoms with van der Waals surface area (Å²) >= 11 is 0. The first-order valence-electron chi connectivity index (χ1n) is 9.98. The molecular formula is C23H26N2O7. The van der Waals surface area contributed by atoms with Crippen molar-refractivity contribution in [2.24, 2.45) is 5.10 Å². The highest BCUT2D eigenvalue weighted by molar-refractivity contribution is 6.05. The molecule has 3 rings (SSSR count). The Kier molecular flexibility index (Phi) is 7.19. The molecule has 9 nitrogen and oxygen atoms in total. The third kappa shape index (κ3) is 4.61. The van der Waals surface area contributed by atoms with Crippen molar-refractivity contribution < 1.29 is 33.6 Å². The molecule has 1 aliphatic rings. The highest BCUT2D eigenvalue weighted by Gasteiger charge is 2.36. The Morgan fingerprint density at radius 2 is 1.75 bits per heavy atom. The fourth-order valence-electron chi connectivity index (χ4n) is 3.69. The van der Waals surface area contributed by atoms with Gasteiger partial charge >= 0.3 is 5.97 Å². The molecule has 1 aliphatic heterocycles. The smallest absolute Gasteiger partial charge is 0.303 e. The van der Waals surface area contributed by atoms with Gasteiger partial charge < -0.3 is 24.1 Å². The fourth-order valence-corrected chi connectivity index (χ4v) is 3.69. The summed E-state index contributed by atoms with van der Waals surface area (Å²) in [6.07, 6.45) is -0.0966. The van der Waals surface area contributed by atoms with Gasteiger partial charge in [-0.3, -0.25) is 9.59 Å².